The van der Waals surface area contributed by atoms with Crippen LogP contribution in [0, 0.1) is 6.92 Å². The van der Waals surface area contributed by atoms with Crippen molar-refractivity contribution in [2.24, 2.45) is 0 Å². The van der Waals surface area contributed by atoms with Crippen molar-refractivity contribution in [1.82, 2.24) is 4.98 Å². The quantitative estimate of drug-likeness (QED) is 0.270. The van der Waals surface area contributed by atoms with E-state index in [0.717, 1.165) is 55.6 Å². The normalized spacial score (nSPS) is 11.4. The third-order valence-corrected chi connectivity index (χ3v) is 7.15. The summed E-state index contributed by atoms with van der Waals surface area (Å²) in [7, 11) is 0. The molecule has 37 heavy (non-hydrogen) atoms. The predicted molar refractivity (Wildman–Crippen MR) is 155 cm³/mol. The Bertz CT molecular complexity index is 1850. The highest BCUT2D eigenvalue weighted by molar-refractivity contribution is 6.20. The van der Waals surface area contributed by atoms with Gasteiger partial charge in [0.05, 0.1) is 16.6 Å². The number of benzene rings is 5. The van der Waals surface area contributed by atoms with Crippen molar-refractivity contribution >= 4 is 21.9 Å². The van der Waals surface area contributed by atoms with Crippen molar-refractivity contribution in [2.45, 2.75) is 6.92 Å². The van der Waals surface area contributed by atoms with Gasteiger partial charge in [-0.1, -0.05) is 121 Å². The average molecular weight is 476 g/mol. The fourth-order valence-electron chi connectivity index (χ4n) is 5.48. The fraction of sp³-hybridized carbons (Fsp3) is 0.0286. The van der Waals surface area contributed by atoms with Gasteiger partial charge in [-0.25, -0.2) is 0 Å². The molecule has 2 heterocycles. The van der Waals surface area contributed by atoms with Gasteiger partial charge < -0.3 is 9.40 Å². The van der Waals surface area contributed by atoms with Crippen molar-refractivity contribution in [2.75, 3.05) is 0 Å². The smallest absolute Gasteiger partial charge is 0.145 e. The van der Waals surface area contributed by atoms with Gasteiger partial charge in [-0.15, -0.1) is 0 Å². The molecule has 0 saturated carbocycles. The van der Waals surface area contributed by atoms with E-state index in [2.05, 4.69) is 133 Å². The van der Waals surface area contributed by atoms with Crippen LogP contribution in [-0.2, 0) is 0 Å². The molecule has 0 amide bonds. The highest BCUT2D eigenvalue weighted by Crippen LogP contribution is 2.48. The number of rotatable bonds is 4. The summed E-state index contributed by atoms with van der Waals surface area (Å²) in [4.78, 5) is 3.79. The number of furan rings is 1. The highest BCUT2D eigenvalue weighted by atomic mass is 16.3. The fourth-order valence-corrected chi connectivity index (χ4v) is 5.48. The molecule has 0 spiro atoms. The Labute approximate surface area is 215 Å². The lowest BCUT2D eigenvalue weighted by atomic mass is 9.94. The Morgan fingerprint density at radius 2 is 1.03 bits per heavy atom. The molecule has 0 aliphatic heterocycles. The van der Waals surface area contributed by atoms with Gasteiger partial charge in [0.25, 0.3) is 0 Å². The number of aromatic nitrogens is 1. The molecule has 2 aromatic heterocycles. The molecule has 0 atom stereocenters. The average Bonchev–Trinajstić information content (AvgIpc) is 3.55. The lowest BCUT2D eigenvalue weighted by Gasteiger charge is -2.06. The molecule has 1 N–H and O–H groups in total. The van der Waals surface area contributed by atoms with Gasteiger partial charge in [0, 0.05) is 22.1 Å². The zero-order valence-electron chi connectivity index (χ0n) is 20.5. The largest absolute Gasteiger partial charge is 0.455 e. The molecule has 0 fully saturated rings. The minimum atomic E-state index is 0.898. The molecule has 176 valence electrons. The van der Waals surface area contributed by atoms with Gasteiger partial charge in [-0.2, -0.15) is 0 Å². The third kappa shape index (κ3) is 3.49. The minimum absolute atomic E-state index is 0.898. The molecule has 0 aliphatic carbocycles. The lowest BCUT2D eigenvalue weighted by Crippen LogP contribution is -1.83. The van der Waals surface area contributed by atoms with Crippen LogP contribution in [0.3, 0.4) is 0 Å². The van der Waals surface area contributed by atoms with Crippen LogP contribution in [0.4, 0.5) is 0 Å². The van der Waals surface area contributed by atoms with E-state index in [0.29, 0.717) is 0 Å². The predicted octanol–water partition coefficient (Wildman–Crippen LogP) is 9.89. The van der Waals surface area contributed by atoms with Crippen LogP contribution >= 0.6 is 0 Å². The van der Waals surface area contributed by atoms with E-state index in [-0.39, 0.29) is 0 Å². The summed E-state index contributed by atoms with van der Waals surface area (Å²) >= 11 is 0. The summed E-state index contributed by atoms with van der Waals surface area (Å²) in [5.41, 5.74) is 11.2. The second-order valence-corrected chi connectivity index (χ2v) is 9.47. The first-order chi connectivity index (χ1) is 18.3. The zero-order valence-corrected chi connectivity index (χ0v) is 20.5. The third-order valence-electron chi connectivity index (χ3n) is 7.15. The topological polar surface area (TPSA) is 28.9 Å². The Hall–Kier alpha value is -4.82. The Kier molecular flexibility index (Phi) is 5.04. The van der Waals surface area contributed by atoms with Gasteiger partial charge in [0.15, 0.2) is 0 Å². The molecule has 7 rings (SSSR count). The number of hydrogen-bond donors (Lipinski definition) is 1. The van der Waals surface area contributed by atoms with E-state index < -0.39 is 0 Å². The molecule has 0 radical (unpaired) electrons. The van der Waals surface area contributed by atoms with Gasteiger partial charge in [-0.05, 0) is 35.2 Å². The number of aryl methyl sites for hydroxylation is 1. The molecule has 7 aromatic rings. The standard InChI is InChI=1S/C35H25NO/c1-23-22-28-29(24-14-6-2-7-15-24)34(27-20-12-5-13-21-27)37-35(28)31-30(25-16-8-3-9-17-25)33(36-32(23)31)26-18-10-4-11-19-26/h2-22,36H,1H3. The summed E-state index contributed by atoms with van der Waals surface area (Å²) < 4.78 is 6.90. The number of nitrogens with one attached hydrogen (secondary N) is 1. The second kappa shape index (κ2) is 8.69. The summed E-state index contributed by atoms with van der Waals surface area (Å²) in [6.07, 6.45) is 0. The Morgan fingerprint density at radius 1 is 0.541 bits per heavy atom. The van der Waals surface area contributed by atoms with Crippen LogP contribution in [0.15, 0.2) is 132 Å². The van der Waals surface area contributed by atoms with Crippen molar-refractivity contribution in [3.8, 4) is 44.8 Å². The molecule has 0 unspecified atom stereocenters. The van der Waals surface area contributed by atoms with E-state index >= 15 is 0 Å². The molecule has 0 saturated heterocycles. The summed E-state index contributed by atoms with van der Waals surface area (Å²) in [5.74, 6) is 0.898. The summed E-state index contributed by atoms with van der Waals surface area (Å²) in [6, 6.07) is 44.5. The van der Waals surface area contributed by atoms with Crippen LogP contribution in [-0.4, -0.2) is 4.98 Å². The van der Waals surface area contributed by atoms with Gasteiger partial charge in [0.2, 0.25) is 0 Å². The summed E-state index contributed by atoms with van der Waals surface area (Å²) in [6.45, 7) is 2.19. The molecular formula is C35H25NO. The first kappa shape index (κ1) is 21.5. The maximum atomic E-state index is 6.90. The van der Waals surface area contributed by atoms with E-state index in [9.17, 15) is 0 Å². The van der Waals surface area contributed by atoms with E-state index in [4.69, 9.17) is 4.42 Å². The summed E-state index contributed by atoms with van der Waals surface area (Å²) in [5, 5.41) is 2.25. The molecule has 0 aliphatic rings. The van der Waals surface area contributed by atoms with Gasteiger partial charge in [-0.3, -0.25) is 0 Å². The lowest BCUT2D eigenvalue weighted by molar-refractivity contribution is 0.636. The van der Waals surface area contributed by atoms with Crippen LogP contribution in [0.25, 0.3) is 66.7 Å². The van der Waals surface area contributed by atoms with Crippen molar-refractivity contribution in [1.29, 1.82) is 0 Å². The monoisotopic (exact) mass is 475 g/mol. The van der Waals surface area contributed by atoms with Crippen LogP contribution < -0.4 is 0 Å². The molecule has 0 bridgehead atoms. The van der Waals surface area contributed by atoms with Crippen molar-refractivity contribution in [3.63, 3.8) is 0 Å². The van der Waals surface area contributed by atoms with Crippen LogP contribution in [0.1, 0.15) is 5.56 Å². The van der Waals surface area contributed by atoms with Crippen molar-refractivity contribution in [3.05, 3.63) is 133 Å². The van der Waals surface area contributed by atoms with Crippen LogP contribution in [0.2, 0.25) is 0 Å². The van der Waals surface area contributed by atoms with E-state index in [1.165, 1.54) is 16.7 Å². The molecule has 2 heteroatoms. The van der Waals surface area contributed by atoms with Gasteiger partial charge >= 0.3 is 0 Å². The first-order valence-corrected chi connectivity index (χ1v) is 12.6. The number of H-pyrrole nitrogens is 1. The molecular weight excluding hydrogens is 450 g/mol. The van der Waals surface area contributed by atoms with E-state index in [1.54, 1.807) is 0 Å². The van der Waals surface area contributed by atoms with Crippen molar-refractivity contribution < 1.29 is 4.42 Å². The maximum Gasteiger partial charge on any atom is 0.145 e. The Balaban J connectivity index is 1.66. The Morgan fingerprint density at radius 3 is 1.59 bits per heavy atom. The number of aromatic amines is 1. The maximum absolute atomic E-state index is 6.90. The second-order valence-electron chi connectivity index (χ2n) is 9.47. The molecule has 2 nitrogen and oxygen atoms in total. The van der Waals surface area contributed by atoms with Crippen LogP contribution in [0.5, 0.6) is 0 Å². The highest BCUT2D eigenvalue weighted by Gasteiger charge is 2.25. The number of hydrogen-bond acceptors (Lipinski definition) is 1. The number of fused-ring (bicyclic) bond motifs is 3. The zero-order chi connectivity index (χ0) is 24.8. The van der Waals surface area contributed by atoms with Gasteiger partial charge in [0.1, 0.15) is 11.3 Å². The minimum Gasteiger partial charge on any atom is -0.455 e. The SMILES string of the molecule is Cc1cc2c(-c3ccccc3)c(-c3ccccc3)oc2c2c(-c3ccccc3)c(-c3ccccc3)[nH]c12. The van der Waals surface area contributed by atoms with E-state index in [1.807, 2.05) is 6.07 Å². The first-order valence-electron chi connectivity index (χ1n) is 12.6. The molecule has 5 aromatic carbocycles.